The number of aromatic nitrogens is 2. The van der Waals surface area contributed by atoms with Gasteiger partial charge in [-0.25, -0.2) is 0 Å². The van der Waals surface area contributed by atoms with Crippen molar-refractivity contribution >= 4 is 49.9 Å². The minimum absolute atomic E-state index is 0.199. The quantitative estimate of drug-likeness (QED) is 0.319. The largest absolute Gasteiger partial charge is 0.357 e. The highest BCUT2D eigenvalue weighted by Crippen LogP contribution is 2.29. The molecule has 0 saturated heterocycles. The Bertz CT molecular complexity index is 684. The maximum absolute atomic E-state index is 12.1. The van der Waals surface area contributed by atoms with Crippen LogP contribution in [-0.4, -0.2) is 27.8 Å². The highest BCUT2D eigenvalue weighted by atomic mass is 79.9. The Balaban J connectivity index is 1.37. The molecule has 0 amide bonds. The summed E-state index contributed by atoms with van der Waals surface area (Å²) < 4.78 is 1.97. The summed E-state index contributed by atoms with van der Waals surface area (Å²) in [4.78, 5) is 12.1. The number of nitrogens with one attached hydrogen (secondary N) is 1. The molecule has 2 aromatic rings. The van der Waals surface area contributed by atoms with Crippen LogP contribution in [-0.2, 0) is 0 Å². The van der Waals surface area contributed by atoms with E-state index in [0.29, 0.717) is 12.5 Å². The van der Waals surface area contributed by atoms with Gasteiger partial charge in [0, 0.05) is 28.3 Å². The monoisotopic (exact) mass is 439 g/mol. The van der Waals surface area contributed by atoms with Crippen LogP contribution in [0.25, 0.3) is 0 Å². The van der Waals surface area contributed by atoms with Crippen molar-refractivity contribution < 1.29 is 4.79 Å². The Hall–Kier alpha value is -0.920. The van der Waals surface area contributed by atoms with Crippen molar-refractivity contribution in [3.8, 4) is 0 Å². The van der Waals surface area contributed by atoms with Crippen LogP contribution in [0.4, 0.5) is 5.13 Å². The van der Waals surface area contributed by atoms with Crippen LogP contribution in [0.5, 0.6) is 0 Å². The van der Waals surface area contributed by atoms with E-state index in [0.717, 1.165) is 31.7 Å². The Morgan fingerprint density at radius 1 is 1.20 bits per heavy atom. The minimum Gasteiger partial charge on any atom is -0.357 e. The van der Waals surface area contributed by atoms with Gasteiger partial charge in [-0.3, -0.25) is 4.79 Å². The lowest BCUT2D eigenvalue weighted by molar-refractivity contribution is 0.0982. The molecule has 0 atom stereocenters. The van der Waals surface area contributed by atoms with Crippen molar-refractivity contribution in [2.24, 2.45) is 0 Å². The average Bonchev–Trinajstić information content (AvgIpc) is 3.07. The van der Waals surface area contributed by atoms with Crippen LogP contribution >= 0.6 is 39.0 Å². The summed E-state index contributed by atoms with van der Waals surface area (Å²) >= 11 is 6.70. The van der Waals surface area contributed by atoms with Gasteiger partial charge in [0.15, 0.2) is 10.1 Å². The molecule has 0 radical (unpaired) electrons. The van der Waals surface area contributed by atoms with E-state index in [2.05, 4.69) is 31.4 Å². The molecule has 7 heteroatoms. The summed E-state index contributed by atoms with van der Waals surface area (Å²) in [5.41, 5.74) is 0.781. The molecule has 1 aliphatic rings. The molecule has 0 aliphatic heterocycles. The number of anilines is 1. The van der Waals surface area contributed by atoms with E-state index in [4.69, 9.17) is 0 Å². The van der Waals surface area contributed by atoms with Gasteiger partial charge in [-0.1, -0.05) is 70.4 Å². The fraction of sp³-hybridized carbons (Fsp3) is 0.500. The summed E-state index contributed by atoms with van der Waals surface area (Å²) in [7, 11) is 0. The molecule has 1 aromatic carbocycles. The number of Topliss-reactive ketones (excluding diaryl/α,β-unsaturated/α-hetero) is 1. The number of hydrogen-bond donors (Lipinski definition) is 1. The molecule has 0 unspecified atom stereocenters. The second kappa shape index (κ2) is 9.69. The van der Waals surface area contributed by atoms with Crippen molar-refractivity contribution in [2.45, 2.75) is 55.3 Å². The number of halogens is 1. The van der Waals surface area contributed by atoms with E-state index in [9.17, 15) is 4.79 Å². The van der Waals surface area contributed by atoms with Gasteiger partial charge in [0.25, 0.3) is 0 Å². The van der Waals surface area contributed by atoms with Gasteiger partial charge in [0.2, 0.25) is 5.13 Å². The number of benzene rings is 1. The van der Waals surface area contributed by atoms with Crippen molar-refractivity contribution in [1.29, 1.82) is 0 Å². The molecule has 1 aliphatic carbocycles. The summed E-state index contributed by atoms with van der Waals surface area (Å²) in [5.74, 6) is 1.09. The van der Waals surface area contributed by atoms with E-state index < -0.39 is 0 Å². The number of carbonyl (C=O) groups is 1. The number of thioether (sulfide) groups is 1. The molecule has 25 heavy (non-hydrogen) atoms. The minimum atomic E-state index is 0.199. The average molecular weight is 440 g/mol. The van der Waals surface area contributed by atoms with Gasteiger partial charge in [-0.2, -0.15) is 0 Å². The number of carbonyl (C=O) groups excluding carboxylic acids is 1. The lowest BCUT2D eigenvalue weighted by Crippen LogP contribution is -2.21. The first-order chi connectivity index (χ1) is 12.2. The zero-order valence-corrected chi connectivity index (χ0v) is 17.3. The Morgan fingerprint density at radius 2 is 1.96 bits per heavy atom. The predicted octanol–water partition coefficient (Wildman–Crippen LogP) is 5.80. The maximum atomic E-state index is 12.1. The van der Waals surface area contributed by atoms with Crippen LogP contribution in [0.15, 0.2) is 33.1 Å². The second-order valence-corrected chi connectivity index (χ2v) is 9.47. The zero-order chi connectivity index (χ0) is 17.5. The highest BCUT2D eigenvalue weighted by Gasteiger charge is 2.15. The van der Waals surface area contributed by atoms with E-state index in [-0.39, 0.29) is 5.78 Å². The third-order valence-electron chi connectivity index (χ3n) is 4.28. The van der Waals surface area contributed by atoms with Crippen molar-refractivity contribution in [2.75, 3.05) is 11.1 Å². The van der Waals surface area contributed by atoms with Crippen LogP contribution < -0.4 is 5.32 Å². The van der Waals surface area contributed by atoms with Crippen LogP contribution in [0, 0.1) is 0 Å². The number of hydrogen-bond acceptors (Lipinski definition) is 6. The predicted molar refractivity (Wildman–Crippen MR) is 109 cm³/mol. The van der Waals surface area contributed by atoms with Crippen LogP contribution in [0.1, 0.15) is 55.3 Å². The van der Waals surface area contributed by atoms with Gasteiger partial charge < -0.3 is 5.32 Å². The first-order valence-electron chi connectivity index (χ1n) is 8.72. The second-order valence-electron chi connectivity index (χ2n) is 6.23. The molecule has 0 bridgehead atoms. The number of rotatable bonds is 8. The van der Waals surface area contributed by atoms with E-state index in [1.807, 2.05) is 24.3 Å². The third-order valence-corrected chi connectivity index (χ3v) is 6.88. The molecule has 1 fully saturated rings. The summed E-state index contributed by atoms with van der Waals surface area (Å²) in [6.45, 7) is 0. The third kappa shape index (κ3) is 6.08. The zero-order valence-electron chi connectivity index (χ0n) is 14.0. The molecule has 1 aromatic heterocycles. The normalized spacial score (nSPS) is 15.2. The molecule has 0 spiro atoms. The number of nitrogens with zero attached hydrogens (tertiary/aromatic N) is 2. The van der Waals surface area contributed by atoms with Crippen molar-refractivity contribution in [3.63, 3.8) is 0 Å². The van der Waals surface area contributed by atoms with E-state index in [1.165, 1.54) is 32.1 Å². The van der Waals surface area contributed by atoms with E-state index in [1.54, 1.807) is 23.1 Å². The molecule has 4 nitrogen and oxygen atoms in total. The Morgan fingerprint density at radius 3 is 2.72 bits per heavy atom. The van der Waals surface area contributed by atoms with Gasteiger partial charge >= 0.3 is 0 Å². The lowest BCUT2D eigenvalue weighted by atomic mass is 9.96. The van der Waals surface area contributed by atoms with Crippen LogP contribution in [0.2, 0.25) is 0 Å². The summed E-state index contributed by atoms with van der Waals surface area (Å²) in [6, 6.07) is 8.11. The lowest BCUT2D eigenvalue weighted by Gasteiger charge is -2.21. The van der Waals surface area contributed by atoms with E-state index >= 15 is 0 Å². The SMILES string of the molecule is O=C(CCCSc1nnc(NC2CCCCC2)s1)c1ccc(Br)cc1. The smallest absolute Gasteiger partial charge is 0.206 e. The molecule has 134 valence electrons. The van der Waals surface area contributed by atoms with Crippen LogP contribution in [0.3, 0.4) is 0 Å². The Kier molecular flexibility index (Phi) is 7.31. The fourth-order valence-corrected chi connectivity index (χ4v) is 5.02. The number of ketones is 1. The van der Waals surface area contributed by atoms with Gasteiger partial charge in [-0.15, -0.1) is 10.2 Å². The highest BCUT2D eigenvalue weighted by molar-refractivity contribution is 9.10. The van der Waals surface area contributed by atoms with Gasteiger partial charge in [0.05, 0.1) is 0 Å². The first kappa shape index (κ1) is 18.9. The molecule has 3 rings (SSSR count). The molecular weight excluding hydrogens is 418 g/mol. The van der Waals surface area contributed by atoms with Gasteiger partial charge in [-0.05, 0) is 31.4 Å². The Labute approximate surface area is 165 Å². The van der Waals surface area contributed by atoms with Crippen molar-refractivity contribution in [3.05, 3.63) is 34.3 Å². The topological polar surface area (TPSA) is 54.9 Å². The van der Waals surface area contributed by atoms with Crippen molar-refractivity contribution in [1.82, 2.24) is 10.2 Å². The summed E-state index contributed by atoms with van der Waals surface area (Å²) in [6.07, 6.45) is 7.87. The molecular formula is C18H22BrN3OS2. The summed E-state index contributed by atoms with van der Waals surface area (Å²) in [5, 5.41) is 12.9. The van der Waals surface area contributed by atoms with Gasteiger partial charge in [0.1, 0.15) is 0 Å². The molecule has 1 N–H and O–H groups in total. The first-order valence-corrected chi connectivity index (χ1v) is 11.3. The maximum Gasteiger partial charge on any atom is 0.206 e. The standard InChI is InChI=1S/C18H22BrN3OS2/c19-14-10-8-13(9-11-14)16(23)7-4-12-24-18-22-21-17(25-18)20-15-5-2-1-3-6-15/h8-11,15H,1-7,12H2,(H,20,21). The molecule has 1 saturated carbocycles. The molecule has 1 heterocycles. The fourth-order valence-electron chi connectivity index (χ4n) is 2.92.